The molecule has 0 atom stereocenters. The summed E-state index contributed by atoms with van der Waals surface area (Å²) in [6, 6.07) is 8.32. The van der Waals surface area contributed by atoms with E-state index in [4.69, 9.17) is 17.6 Å². The summed E-state index contributed by atoms with van der Waals surface area (Å²) in [6.45, 7) is 8.19. The van der Waals surface area contributed by atoms with Crippen LogP contribution < -0.4 is 15.7 Å². The topological polar surface area (TPSA) is 70.6 Å². The van der Waals surface area contributed by atoms with Gasteiger partial charge in [0.2, 0.25) is 0 Å². The van der Waals surface area contributed by atoms with Crippen LogP contribution >= 0.6 is 0 Å². The van der Waals surface area contributed by atoms with Crippen LogP contribution in [-0.4, -0.2) is 66.6 Å². The Bertz CT molecular complexity index is 964. The molecule has 0 aromatic carbocycles. The van der Waals surface area contributed by atoms with Crippen LogP contribution in [0.25, 0.3) is 11.3 Å². The molecule has 3 heterocycles. The lowest BCUT2D eigenvalue weighted by molar-refractivity contribution is 0.0240. The molecule has 2 aliphatic rings. The zero-order valence-corrected chi connectivity index (χ0v) is 20.0. The fraction of sp³-hybridized carbons (Fsp3) is 0.560. The van der Waals surface area contributed by atoms with Crippen LogP contribution in [0.5, 0.6) is 0 Å². The molecular weight excluding hydrogens is 413 g/mol. The molecule has 4 rings (SSSR count). The summed E-state index contributed by atoms with van der Waals surface area (Å²) in [5.41, 5.74) is 1.99. The third kappa shape index (κ3) is 6.39. The van der Waals surface area contributed by atoms with Gasteiger partial charge in [0.25, 0.3) is 0 Å². The Morgan fingerprint density at radius 2 is 1.82 bits per heavy atom. The first kappa shape index (κ1) is 23.4. The van der Waals surface area contributed by atoms with Gasteiger partial charge in [0, 0.05) is 44.0 Å². The maximum absolute atomic E-state index is 12.4. The molecule has 2 aromatic heterocycles. The minimum Gasteiger partial charge on any atom is -0.444 e. The number of carbonyl (C=O) groups is 1. The molecule has 7 nitrogen and oxygen atoms in total. The van der Waals surface area contributed by atoms with Crippen LogP contribution in [-0.2, 0) is 4.74 Å². The number of rotatable bonds is 4. The maximum atomic E-state index is 12.4. The van der Waals surface area contributed by atoms with E-state index in [2.05, 4.69) is 21.3 Å². The van der Waals surface area contributed by atoms with Crippen molar-refractivity contribution in [2.24, 2.45) is 0 Å². The van der Waals surface area contributed by atoms with Crippen LogP contribution in [0.3, 0.4) is 0 Å². The molecule has 1 aliphatic carbocycles. The Labute approximate surface area is 198 Å². The molecule has 0 bridgehead atoms. The zero-order chi connectivity index (χ0) is 23.4. The molecule has 1 saturated carbocycles. The lowest BCUT2D eigenvalue weighted by atomic mass is 9.94. The van der Waals surface area contributed by atoms with Gasteiger partial charge in [0.1, 0.15) is 25.1 Å². The molecule has 1 saturated heterocycles. The van der Waals surface area contributed by atoms with E-state index >= 15 is 0 Å². The van der Waals surface area contributed by atoms with Gasteiger partial charge in [0.05, 0.1) is 5.69 Å². The number of pyridine rings is 2. The molecule has 174 valence electrons. The van der Waals surface area contributed by atoms with E-state index in [9.17, 15) is 4.79 Å². The van der Waals surface area contributed by atoms with Gasteiger partial charge in [0.15, 0.2) is 0 Å². The number of ether oxygens (including phenoxy) is 1. The second-order valence-corrected chi connectivity index (χ2v) is 10.0. The monoisotopic (exact) mass is 447 g/mol. The second-order valence-electron chi connectivity index (χ2n) is 10.0. The van der Waals surface area contributed by atoms with Crippen LogP contribution in [0.4, 0.5) is 16.4 Å². The van der Waals surface area contributed by atoms with E-state index in [0.717, 1.165) is 22.9 Å². The molecule has 33 heavy (non-hydrogen) atoms. The number of carbonyl (C=O) groups excluding carboxylic acids is 1. The fourth-order valence-electron chi connectivity index (χ4n) is 4.42. The zero-order valence-electron chi connectivity index (χ0n) is 20.0. The van der Waals surface area contributed by atoms with Gasteiger partial charge in [-0.2, -0.15) is 0 Å². The molecule has 0 unspecified atom stereocenters. The Morgan fingerprint density at radius 3 is 2.52 bits per heavy atom. The van der Waals surface area contributed by atoms with Gasteiger partial charge in [-0.3, -0.25) is 0 Å². The van der Waals surface area contributed by atoms with Crippen LogP contribution in [0.2, 0.25) is 0 Å². The molecule has 1 amide bonds. The third-order valence-corrected chi connectivity index (χ3v) is 6.10. The van der Waals surface area contributed by atoms with Gasteiger partial charge in [-0.25, -0.2) is 14.8 Å². The average Bonchev–Trinajstić information content (AvgIpc) is 2.78. The van der Waals surface area contributed by atoms with Gasteiger partial charge in [-0.05, 0) is 57.9 Å². The predicted molar refractivity (Wildman–Crippen MR) is 133 cm³/mol. The van der Waals surface area contributed by atoms with E-state index < -0.39 is 5.60 Å². The summed E-state index contributed by atoms with van der Waals surface area (Å²) >= 11 is 0. The van der Waals surface area contributed by atoms with Crippen molar-refractivity contribution in [2.75, 3.05) is 36.4 Å². The highest BCUT2D eigenvalue weighted by molar-refractivity contribution is 6.32. The van der Waals surface area contributed by atoms with Gasteiger partial charge >= 0.3 is 6.09 Å². The highest BCUT2D eigenvalue weighted by atomic mass is 16.6. The maximum Gasteiger partial charge on any atom is 0.410 e. The number of aromatic nitrogens is 2. The number of piperazine rings is 1. The average molecular weight is 447 g/mol. The van der Waals surface area contributed by atoms with E-state index in [0.29, 0.717) is 37.7 Å². The molecule has 1 aliphatic heterocycles. The minimum absolute atomic E-state index is 0.266. The van der Waals surface area contributed by atoms with Crippen LogP contribution in [0.1, 0.15) is 52.9 Å². The van der Waals surface area contributed by atoms with Crippen molar-refractivity contribution in [3.05, 3.63) is 30.5 Å². The lowest BCUT2D eigenvalue weighted by Gasteiger charge is -2.36. The van der Waals surface area contributed by atoms with Crippen molar-refractivity contribution >= 4 is 31.0 Å². The minimum atomic E-state index is -0.492. The predicted octanol–water partition coefficient (Wildman–Crippen LogP) is 3.74. The third-order valence-electron chi connectivity index (χ3n) is 6.10. The fourth-order valence-corrected chi connectivity index (χ4v) is 4.42. The van der Waals surface area contributed by atoms with Gasteiger partial charge in [-0.15, -0.1) is 0 Å². The normalized spacial score (nSPS) is 17.7. The Kier molecular flexibility index (Phi) is 7.10. The van der Waals surface area contributed by atoms with Gasteiger partial charge in [-0.1, -0.05) is 24.7 Å². The summed E-state index contributed by atoms with van der Waals surface area (Å²) in [5.74, 6) is 1.71. The van der Waals surface area contributed by atoms with E-state index in [1.54, 1.807) is 4.90 Å². The second kappa shape index (κ2) is 10.0. The number of hydrogen-bond donors (Lipinski definition) is 1. The Balaban J connectivity index is 1.44. The molecular formula is C25H34BN5O2. The first-order valence-corrected chi connectivity index (χ1v) is 12.0. The van der Waals surface area contributed by atoms with Crippen molar-refractivity contribution < 1.29 is 9.53 Å². The lowest BCUT2D eigenvalue weighted by Crippen LogP contribution is -2.50. The molecule has 0 spiro atoms. The highest BCUT2D eigenvalue weighted by Gasteiger charge is 2.26. The van der Waals surface area contributed by atoms with Gasteiger partial charge < -0.3 is 19.9 Å². The number of hydrogen-bond acceptors (Lipinski definition) is 6. The first-order valence-electron chi connectivity index (χ1n) is 12.0. The smallest absolute Gasteiger partial charge is 0.410 e. The number of amides is 1. The van der Waals surface area contributed by atoms with Crippen LogP contribution in [0, 0.1) is 0 Å². The highest BCUT2D eigenvalue weighted by Crippen LogP contribution is 2.25. The molecule has 8 heteroatoms. The van der Waals surface area contributed by atoms with Crippen molar-refractivity contribution in [2.45, 2.75) is 64.5 Å². The molecule has 2 fully saturated rings. The standard InChI is InChI=1S/C25H34BN5O2/c1-25(2,3)33-24(32)31-13-11-30(12-14-31)23-17-19(26)16-21(29-23)18-9-10-27-22(15-18)28-20-7-5-4-6-8-20/h9-10,15-17,20H,4-8,11-14H2,1-3H3,(H,27,28). The Morgan fingerprint density at radius 1 is 1.09 bits per heavy atom. The quantitative estimate of drug-likeness (QED) is 0.721. The van der Waals surface area contributed by atoms with Crippen molar-refractivity contribution in [3.8, 4) is 11.3 Å². The number of nitrogens with zero attached hydrogens (tertiary/aromatic N) is 4. The van der Waals surface area contributed by atoms with Crippen molar-refractivity contribution in [1.82, 2.24) is 14.9 Å². The summed E-state index contributed by atoms with van der Waals surface area (Å²) in [6.07, 6.45) is 7.83. The number of nitrogens with one attached hydrogen (secondary N) is 1. The summed E-state index contributed by atoms with van der Waals surface area (Å²) in [4.78, 5) is 25.7. The van der Waals surface area contributed by atoms with E-state index in [1.165, 1.54) is 32.1 Å². The van der Waals surface area contributed by atoms with E-state index in [-0.39, 0.29) is 6.09 Å². The summed E-state index contributed by atoms with van der Waals surface area (Å²) in [5, 5.41) is 3.59. The summed E-state index contributed by atoms with van der Waals surface area (Å²) in [7, 11) is 6.25. The van der Waals surface area contributed by atoms with E-state index in [1.807, 2.05) is 45.2 Å². The first-order chi connectivity index (χ1) is 15.8. The molecule has 1 N–H and O–H groups in total. The SMILES string of the molecule is [B]c1cc(-c2ccnc(NC3CCCCC3)c2)nc(N2CCN(C(=O)OC(C)(C)C)CC2)c1. The number of anilines is 2. The Hall–Kier alpha value is -2.77. The largest absolute Gasteiger partial charge is 0.444 e. The molecule has 2 aromatic rings. The van der Waals surface area contributed by atoms with Crippen LogP contribution in [0.15, 0.2) is 30.5 Å². The van der Waals surface area contributed by atoms with Crippen molar-refractivity contribution in [3.63, 3.8) is 0 Å². The molecule has 2 radical (unpaired) electrons. The summed E-state index contributed by atoms with van der Waals surface area (Å²) < 4.78 is 5.50. The van der Waals surface area contributed by atoms with Crippen molar-refractivity contribution in [1.29, 1.82) is 0 Å².